The smallest absolute Gasteiger partial charge is 0.286 e. The van der Waals surface area contributed by atoms with Crippen molar-refractivity contribution in [3.63, 3.8) is 0 Å². The average molecular weight is 455 g/mol. The van der Waals surface area contributed by atoms with Crippen molar-refractivity contribution < 1.29 is 33.5 Å². The Kier molecular flexibility index (Phi) is 5.37. The lowest BCUT2D eigenvalue weighted by atomic mass is 9.95. The summed E-state index contributed by atoms with van der Waals surface area (Å²) in [4.78, 5) is 38.3. The molecule has 5 rings (SSSR count). The SMILES string of the molecule is O=C(Nc1ccc2c(c1)OCO2)C1CCN(C(=O)c2cc3c(cc2[N+](=O)[O-])OCCO3)CC1. The van der Waals surface area contributed by atoms with Gasteiger partial charge in [0.2, 0.25) is 12.7 Å². The number of carbonyl (C=O) groups is 2. The van der Waals surface area contributed by atoms with Crippen LogP contribution < -0.4 is 24.3 Å². The highest BCUT2D eigenvalue weighted by Crippen LogP contribution is 2.38. The number of likely N-dealkylation sites (tertiary alicyclic amines) is 1. The number of nitro groups is 1. The van der Waals surface area contributed by atoms with Crippen molar-refractivity contribution >= 4 is 23.2 Å². The molecule has 0 aromatic heterocycles. The quantitative estimate of drug-likeness (QED) is 0.550. The summed E-state index contributed by atoms with van der Waals surface area (Å²) < 4.78 is 21.5. The highest BCUT2D eigenvalue weighted by Gasteiger charge is 2.33. The van der Waals surface area contributed by atoms with E-state index in [0.29, 0.717) is 62.1 Å². The Balaban J connectivity index is 1.24. The van der Waals surface area contributed by atoms with Crippen molar-refractivity contribution in [2.45, 2.75) is 12.8 Å². The van der Waals surface area contributed by atoms with Crippen molar-refractivity contribution in [3.8, 4) is 23.0 Å². The van der Waals surface area contributed by atoms with Gasteiger partial charge in [0.25, 0.3) is 11.6 Å². The van der Waals surface area contributed by atoms with Crippen LogP contribution in [0.15, 0.2) is 30.3 Å². The first-order valence-electron chi connectivity index (χ1n) is 10.6. The van der Waals surface area contributed by atoms with Gasteiger partial charge in [0.05, 0.1) is 11.0 Å². The predicted molar refractivity (Wildman–Crippen MR) is 114 cm³/mol. The number of anilines is 1. The lowest BCUT2D eigenvalue weighted by molar-refractivity contribution is -0.385. The van der Waals surface area contributed by atoms with E-state index >= 15 is 0 Å². The number of nitrogens with one attached hydrogen (secondary N) is 1. The standard InChI is InChI=1S/C22H21N3O8/c26-21(23-14-1-2-17-18(9-14)33-12-32-17)13-3-5-24(6-4-13)22(27)15-10-19-20(31-8-7-30-19)11-16(15)25(28)29/h1-2,9-11,13H,3-8,12H2,(H,23,26). The number of fused-ring (bicyclic) bond motifs is 2. The van der Waals surface area contributed by atoms with E-state index in [-0.39, 0.29) is 35.6 Å². The maximum atomic E-state index is 13.1. The molecule has 3 aliphatic rings. The van der Waals surface area contributed by atoms with Gasteiger partial charge in [0, 0.05) is 36.8 Å². The minimum absolute atomic E-state index is 0.0486. The summed E-state index contributed by atoms with van der Waals surface area (Å²) in [5.74, 6) is 0.883. The molecule has 1 saturated heterocycles. The molecule has 0 atom stereocenters. The first-order chi connectivity index (χ1) is 16.0. The van der Waals surface area contributed by atoms with Gasteiger partial charge >= 0.3 is 0 Å². The van der Waals surface area contributed by atoms with Gasteiger partial charge in [-0.1, -0.05) is 0 Å². The van der Waals surface area contributed by atoms with Crippen molar-refractivity contribution in [3.05, 3.63) is 46.0 Å². The van der Waals surface area contributed by atoms with Crippen LogP contribution in [0.1, 0.15) is 23.2 Å². The molecule has 3 aliphatic heterocycles. The number of rotatable bonds is 4. The van der Waals surface area contributed by atoms with Crippen LogP contribution in [0.5, 0.6) is 23.0 Å². The summed E-state index contributed by atoms with van der Waals surface area (Å²) in [5.41, 5.74) is 0.231. The second-order valence-electron chi connectivity index (χ2n) is 7.89. The fourth-order valence-electron chi connectivity index (χ4n) is 4.13. The molecule has 0 radical (unpaired) electrons. The Labute approximate surface area is 188 Å². The number of piperidine rings is 1. The number of amides is 2. The van der Waals surface area contributed by atoms with Gasteiger partial charge in [-0.15, -0.1) is 0 Å². The maximum Gasteiger partial charge on any atom is 0.286 e. The third-order valence-corrected chi connectivity index (χ3v) is 5.88. The first-order valence-corrected chi connectivity index (χ1v) is 10.6. The van der Waals surface area contributed by atoms with E-state index in [1.54, 1.807) is 18.2 Å². The summed E-state index contributed by atoms with van der Waals surface area (Å²) in [6.07, 6.45) is 0.890. The molecule has 2 aromatic carbocycles. The molecule has 0 bridgehead atoms. The molecule has 0 unspecified atom stereocenters. The van der Waals surface area contributed by atoms with Gasteiger partial charge in [-0.3, -0.25) is 19.7 Å². The van der Waals surface area contributed by atoms with Crippen molar-refractivity contribution in [1.82, 2.24) is 4.90 Å². The normalized spacial score (nSPS) is 16.9. The van der Waals surface area contributed by atoms with Gasteiger partial charge < -0.3 is 29.2 Å². The van der Waals surface area contributed by atoms with Crippen LogP contribution in [0.3, 0.4) is 0 Å². The Morgan fingerprint density at radius 2 is 1.61 bits per heavy atom. The molecule has 2 aromatic rings. The zero-order valence-electron chi connectivity index (χ0n) is 17.6. The first kappa shape index (κ1) is 20.9. The number of nitro benzene ring substituents is 1. The number of hydrogen-bond donors (Lipinski definition) is 1. The van der Waals surface area contributed by atoms with E-state index in [4.69, 9.17) is 18.9 Å². The second-order valence-corrected chi connectivity index (χ2v) is 7.89. The molecule has 3 heterocycles. The van der Waals surface area contributed by atoms with E-state index in [1.165, 1.54) is 17.0 Å². The lowest BCUT2D eigenvalue weighted by Gasteiger charge is -2.31. The van der Waals surface area contributed by atoms with Gasteiger partial charge in [-0.2, -0.15) is 0 Å². The molecular formula is C22H21N3O8. The average Bonchev–Trinajstić information content (AvgIpc) is 3.30. The highest BCUT2D eigenvalue weighted by molar-refractivity contribution is 5.99. The largest absolute Gasteiger partial charge is 0.486 e. The summed E-state index contributed by atoms with van der Waals surface area (Å²) in [6.45, 7) is 1.37. The summed E-state index contributed by atoms with van der Waals surface area (Å²) >= 11 is 0. The van der Waals surface area contributed by atoms with Crippen molar-refractivity contribution in [2.75, 3.05) is 38.4 Å². The summed E-state index contributed by atoms with van der Waals surface area (Å²) in [5, 5.41) is 14.4. The number of benzene rings is 2. The Morgan fingerprint density at radius 1 is 0.939 bits per heavy atom. The van der Waals surface area contributed by atoms with Crippen LogP contribution in [0, 0.1) is 16.0 Å². The molecule has 0 aliphatic carbocycles. The third kappa shape index (κ3) is 4.09. The van der Waals surface area contributed by atoms with E-state index in [9.17, 15) is 19.7 Å². The van der Waals surface area contributed by atoms with Crippen LogP contribution in [-0.4, -0.2) is 54.7 Å². The zero-order valence-corrected chi connectivity index (χ0v) is 17.6. The monoisotopic (exact) mass is 455 g/mol. The number of carbonyl (C=O) groups excluding carboxylic acids is 2. The Bertz CT molecular complexity index is 1130. The molecule has 0 spiro atoms. The number of ether oxygens (including phenoxy) is 4. The van der Waals surface area contributed by atoms with E-state index in [2.05, 4.69) is 5.32 Å². The summed E-state index contributed by atoms with van der Waals surface area (Å²) in [7, 11) is 0. The molecule has 2 amide bonds. The number of hydrogen-bond acceptors (Lipinski definition) is 8. The molecule has 33 heavy (non-hydrogen) atoms. The zero-order chi connectivity index (χ0) is 22.9. The fourth-order valence-corrected chi connectivity index (χ4v) is 4.13. The van der Waals surface area contributed by atoms with Crippen molar-refractivity contribution in [1.29, 1.82) is 0 Å². The van der Waals surface area contributed by atoms with E-state index in [1.807, 2.05) is 0 Å². The molecular weight excluding hydrogens is 434 g/mol. The van der Waals surface area contributed by atoms with Gasteiger partial charge in [0.1, 0.15) is 18.8 Å². The highest BCUT2D eigenvalue weighted by atomic mass is 16.7. The molecule has 1 N–H and O–H groups in total. The Morgan fingerprint density at radius 3 is 2.33 bits per heavy atom. The molecule has 172 valence electrons. The Hall–Kier alpha value is -4.02. The van der Waals surface area contributed by atoms with Gasteiger partial charge in [-0.05, 0) is 25.0 Å². The summed E-state index contributed by atoms with van der Waals surface area (Å²) in [6, 6.07) is 7.78. The third-order valence-electron chi connectivity index (χ3n) is 5.88. The lowest BCUT2D eigenvalue weighted by Crippen LogP contribution is -2.41. The number of nitrogens with zero attached hydrogens (tertiary/aromatic N) is 2. The predicted octanol–water partition coefficient (Wildman–Crippen LogP) is 2.59. The van der Waals surface area contributed by atoms with Crippen LogP contribution in [0.25, 0.3) is 0 Å². The molecule has 0 saturated carbocycles. The van der Waals surface area contributed by atoms with Crippen LogP contribution in [-0.2, 0) is 4.79 Å². The van der Waals surface area contributed by atoms with Gasteiger partial charge in [0.15, 0.2) is 23.0 Å². The van der Waals surface area contributed by atoms with Crippen LogP contribution in [0.2, 0.25) is 0 Å². The fraction of sp³-hybridized carbons (Fsp3) is 0.364. The topological polar surface area (TPSA) is 129 Å². The van der Waals surface area contributed by atoms with Crippen LogP contribution in [0.4, 0.5) is 11.4 Å². The van der Waals surface area contributed by atoms with E-state index in [0.717, 1.165) is 0 Å². The molecule has 11 nitrogen and oxygen atoms in total. The molecule has 1 fully saturated rings. The minimum Gasteiger partial charge on any atom is -0.486 e. The van der Waals surface area contributed by atoms with Gasteiger partial charge in [-0.25, -0.2) is 0 Å². The maximum absolute atomic E-state index is 13.1. The van der Waals surface area contributed by atoms with E-state index < -0.39 is 10.8 Å². The minimum atomic E-state index is -0.600. The van der Waals surface area contributed by atoms with Crippen LogP contribution >= 0.6 is 0 Å². The van der Waals surface area contributed by atoms with Crippen molar-refractivity contribution in [2.24, 2.45) is 5.92 Å². The molecule has 11 heteroatoms. The second kappa shape index (κ2) is 8.49.